The molecule has 3 nitrogen and oxygen atoms in total. The third-order valence-electron chi connectivity index (χ3n) is 3.24. The summed E-state index contributed by atoms with van der Waals surface area (Å²) in [5.74, 6) is 0.796. The average molecular weight is 201 g/mol. The van der Waals surface area contributed by atoms with Gasteiger partial charge in [-0.3, -0.25) is 4.98 Å². The van der Waals surface area contributed by atoms with E-state index in [2.05, 4.69) is 21.5 Å². The van der Waals surface area contributed by atoms with Crippen LogP contribution in [0.15, 0.2) is 24.7 Å². The highest BCUT2D eigenvalue weighted by atomic mass is 14.9. The fraction of sp³-hybridized carbons (Fsp3) is 0.417. The number of aromatic amines is 1. The minimum Gasteiger partial charge on any atom is -0.361 e. The van der Waals surface area contributed by atoms with E-state index in [1.807, 2.05) is 18.5 Å². The summed E-state index contributed by atoms with van der Waals surface area (Å²) in [4.78, 5) is 7.49. The van der Waals surface area contributed by atoms with Crippen molar-refractivity contribution in [2.45, 2.75) is 12.8 Å². The van der Waals surface area contributed by atoms with Crippen molar-refractivity contribution in [2.24, 2.45) is 5.92 Å². The smallest absolute Gasteiger partial charge is 0.0487 e. The number of H-pyrrole nitrogens is 1. The number of nitrogens with one attached hydrogen (secondary N) is 2. The number of hydrogen-bond donors (Lipinski definition) is 2. The van der Waals surface area contributed by atoms with Gasteiger partial charge in [0.1, 0.15) is 0 Å². The molecule has 1 saturated heterocycles. The highest BCUT2D eigenvalue weighted by Gasteiger charge is 2.16. The predicted octanol–water partition coefficient (Wildman–Crippen LogP) is 1.71. The molecule has 2 aromatic heterocycles. The van der Waals surface area contributed by atoms with E-state index in [1.54, 1.807) is 0 Å². The third kappa shape index (κ3) is 1.63. The van der Waals surface area contributed by atoms with Crippen LogP contribution < -0.4 is 5.32 Å². The molecule has 0 bridgehead atoms. The molecule has 1 unspecified atom stereocenters. The molecular formula is C12H15N3. The fourth-order valence-electron chi connectivity index (χ4n) is 2.39. The van der Waals surface area contributed by atoms with Crippen LogP contribution >= 0.6 is 0 Å². The first kappa shape index (κ1) is 8.92. The highest BCUT2D eigenvalue weighted by Crippen LogP contribution is 2.22. The van der Waals surface area contributed by atoms with Crippen LogP contribution in [0.4, 0.5) is 0 Å². The van der Waals surface area contributed by atoms with Gasteiger partial charge in [0.25, 0.3) is 0 Å². The molecule has 0 radical (unpaired) electrons. The van der Waals surface area contributed by atoms with Crippen LogP contribution in [-0.2, 0) is 6.42 Å². The van der Waals surface area contributed by atoms with Crippen molar-refractivity contribution in [3.8, 4) is 0 Å². The minimum atomic E-state index is 0.796. The van der Waals surface area contributed by atoms with Gasteiger partial charge in [0.2, 0.25) is 0 Å². The molecule has 1 aliphatic heterocycles. The van der Waals surface area contributed by atoms with Crippen LogP contribution in [0.5, 0.6) is 0 Å². The second kappa shape index (κ2) is 3.66. The summed E-state index contributed by atoms with van der Waals surface area (Å²) in [6, 6.07) is 2.03. The SMILES string of the molecule is c1cc2[nH]cc(CC3CCNC3)c2cn1. The normalized spacial score (nSPS) is 21.2. The lowest BCUT2D eigenvalue weighted by molar-refractivity contribution is 0.582. The molecule has 2 N–H and O–H groups in total. The van der Waals surface area contributed by atoms with Crippen molar-refractivity contribution < 1.29 is 0 Å². The summed E-state index contributed by atoms with van der Waals surface area (Å²) < 4.78 is 0. The molecule has 0 amide bonds. The van der Waals surface area contributed by atoms with Gasteiger partial charge in [0, 0.05) is 29.5 Å². The van der Waals surface area contributed by atoms with E-state index in [1.165, 1.54) is 35.9 Å². The van der Waals surface area contributed by atoms with E-state index >= 15 is 0 Å². The van der Waals surface area contributed by atoms with Gasteiger partial charge in [-0.15, -0.1) is 0 Å². The summed E-state index contributed by atoms with van der Waals surface area (Å²) in [5.41, 5.74) is 2.61. The zero-order valence-corrected chi connectivity index (χ0v) is 8.66. The Balaban J connectivity index is 1.90. The Morgan fingerprint density at radius 3 is 3.33 bits per heavy atom. The van der Waals surface area contributed by atoms with Gasteiger partial charge < -0.3 is 10.3 Å². The van der Waals surface area contributed by atoms with E-state index < -0.39 is 0 Å². The fourth-order valence-corrected chi connectivity index (χ4v) is 2.39. The van der Waals surface area contributed by atoms with Crippen molar-refractivity contribution in [3.05, 3.63) is 30.2 Å². The molecule has 1 atom stereocenters. The standard InChI is InChI=1S/C12H15N3/c1-3-13-6-9(1)5-10-7-15-12-2-4-14-8-11(10)12/h2,4,7-9,13,15H,1,3,5-6H2. The molecule has 0 aliphatic carbocycles. The molecular weight excluding hydrogens is 186 g/mol. The van der Waals surface area contributed by atoms with Crippen LogP contribution in [0, 0.1) is 5.92 Å². The van der Waals surface area contributed by atoms with Gasteiger partial charge in [-0.1, -0.05) is 0 Å². The van der Waals surface area contributed by atoms with E-state index in [4.69, 9.17) is 0 Å². The van der Waals surface area contributed by atoms with Gasteiger partial charge in [0.05, 0.1) is 0 Å². The Labute approximate surface area is 88.9 Å². The van der Waals surface area contributed by atoms with Gasteiger partial charge in [-0.25, -0.2) is 0 Å². The predicted molar refractivity (Wildman–Crippen MR) is 60.8 cm³/mol. The van der Waals surface area contributed by atoms with E-state index in [9.17, 15) is 0 Å². The Morgan fingerprint density at radius 2 is 2.47 bits per heavy atom. The first-order valence-corrected chi connectivity index (χ1v) is 5.54. The van der Waals surface area contributed by atoms with Crippen molar-refractivity contribution in [1.82, 2.24) is 15.3 Å². The maximum absolute atomic E-state index is 4.18. The monoisotopic (exact) mass is 201 g/mol. The summed E-state index contributed by atoms with van der Waals surface area (Å²) in [6.45, 7) is 2.33. The molecule has 3 rings (SSSR count). The average Bonchev–Trinajstić information content (AvgIpc) is 2.89. The highest BCUT2D eigenvalue weighted by molar-refractivity contribution is 5.82. The van der Waals surface area contributed by atoms with Crippen LogP contribution in [0.1, 0.15) is 12.0 Å². The Hall–Kier alpha value is -1.35. The number of nitrogens with zero attached hydrogens (tertiary/aromatic N) is 1. The number of rotatable bonds is 2. The zero-order valence-electron chi connectivity index (χ0n) is 8.66. The molecule has 3 heteroatoms. The summed E-state index contributed by atoms with van der Waals surface area (Å²) in [7, 11) is 0. The van der Waals surface area contributed by atoms with Crippen molar-refractivity contribution in [1.29, 1.82) is 0 Å². The van der Waals surface area contributed by atoms with E-state index in [0.29, 0.717) is 0 Å². The third-order valence-corrected chi connectivity index (χ3v) is 3.24. The van der Waals surface area contributed by atoms with Gasteiger partial charge >= 0.3 is 0 Å². The summed E-state index contributed by atoms with van der Waals surface area (Å²) in [5, 5.41) is 4.69. The topological polar surface area (TPSA) is 40.7 Å². The maximum atomic E-state index is 4.18. The maximum Gasteiger partial charge on any atom is 0.0487 e. The molecule has 78 valence electrons. The number of fused-ring (bicyclic) bond motifs is 1. The number of hydrogen-bond acceptors (Lipinski definition) is 2. The van der Waals surface area contributed by atoms with Crippen molar-refractivity contribution in [2.75, 3.05) is 13.1 Å². The summed E-state index contributed by atoms with van der Waals surface area (Å²) in [6.07, 6.45) is 8.39. The van der Waals surface area contributed by atoms with Gasteiger partial charge in [-0.2, -0.15) is 0 Å². The molecule has 2 aromatic rings. The zero-order chi connectivity index (χ0) is 10.1. The van der Waals surface area contributed by atoms with Crippen LogP contribution in [0.25, 0.3) is 10.9 Å². The largest absolute Gasteiger partial charge is 0.361 e. The molecule has 1 aliphatic rings. The van der Waals surface area contributed by atoms with Crippen molar-refractivity contribution in [3.63, 3.8) is 0 Å². The van der Waals surface area contributed by atoms with Gasteiger partial charge in [0.15, 0.2) is 0 Å². The minimum absolute atomic E-state index is 0.796. The first-order valence-electron chi connectivity index (χ1n) is 5.54. The Morgan fingerprint density at radius 1 is 1.47 bits per heavy atom. The number of aromatic nitrogens is 2. The molecule has 1 fully saturated rings. The van der Waals surface area contributed by atoms with E-state index in [0.717, 1.165) is 12.5 Å². The Bertz CT molecular complexity index is 455. The molecule has 0 saturated carbocycles. The van der Waals surface area contributed by atoms with Crippen molar-refractivity contribution >= 4 is 10.9 Å². The van der Waals surface area contributed by atoms with Gasteiger partial charge in [-0.05, 0) is 43.5 Å². The molecule has 0 spiro atoms. The number of pyridine rings is 1. The lowest BCUT2D eigenvalue weighted by Crippen LogP contribution is -2.10. The first-order chi connectivity index (χ1) is 7.43. The lowest BCUT2D eigenvalue weighted by atomic mass is 9.99. The lowest BCUT2D eigenvalue weighted by Gasteiger charge is -2.06. The molecule has 15 heavy (non-hydrogen) atoms. The van der Waals surface area contributed by atoms with Crippen LogP contribution in [-0.4, -0.2) is 23.1 Å². The molecule has 0 aromatic carbocycles. The summed E-state index contributed by atoms with van der Waals surface area (Å²) >= 11 is 0. The van der Waals surface area contributed by atoms with Crippen LogP contribution in [0.3, 0.4) is 0 Å². The Kier molecular flexibility index (Phi) is 2.18. The quantitative estimate of drug-likeness (QED) is 0.776. The van der Waals surface area contributed by atoms with E-state index in [-0.39, 0.29) is 0 Å². The molecule has 3 heterocycles. The second-order valence-electron chi connectivity index (χ2n) is 4.30. The van der Waals surface area contributed by atoms with Crippen LogP contribution in [0.2, 0.25) is 0 Å². The second-order valence-corrected chi connectivity index (χ2v) is 4.30.